The number of carbonyl (C=O) groups is 1. The molecule has 0 spiro atoms. The van der Waals surface area contributed by atoms with Gasteiger partial charge in [-0.2, -0.15) is 4.98 Å². The Morgan fingerprint density at radius 1 is 1.10 bits per heavy atom. The molecule has 10 nitrogen and oxygen atoms in total. The Morgan fingerprint density at radius 2 is 1.80 bits per heavy atom. The van der Waals surface area contributed by atoms with Crippen LogP contribution in [0, 0.1) is 6.92 Å². The van der Waals surface area contributed by atoms with Crippen LogP contribution in [0.2, 0.25) is 0 Å². The molecule has 3 aromatic rings. The highest BCUT2D eigenvalue weighted by Crippen LogP contribution is 2.18. The van der Waals surface area contributed by atoms with Crippen molar-refractivity contribution in [3.63, 3.8) is 0 Å². The third-order valence-corrected chi connectivity index (χ3v) is 5.61. The molecule has 0 aliphatic carbocycles. The highest BCUT2D eigenvalue weighted by Gasteiger charge is 2.23. The number of hydrogen-bond donors (Lipinski definition) is 3. The molecular weight excluding hydrogens is 408 g/mol. The van der Waals surface area contributed by atoms with Crippen molar-refractivity contribution in [1.82, 2.24) is 25.3 Å². The number of aromatic nitrogens is 3. The molecule has 11 heteroatoms. The van der Waals surface area contributed by atoms with E-state index in [4.69, 9.17) is 4.52 Å². The van der Waals surface area contributed by atoms with Gasteiger partial charge in [0.15, 0.2) is 0 Å². The van der Waals surface area contributed by atoms with Gasteiger partial charge in [-0.05, 0) is 57.5 Å². The number of anilines is 1. The SMILES string of the molecule is Cc1ccc(S(=O)(=O)NC(C)(C)C)cc1C(=O)NNc1nc(-c2ccncc2)no1. The quantitative estimate of drug-likeness (QED) is 0.506. The lowest BCUT2D eigenvalue weighted by Gasteiger charge is -2.20. The summed E-state index contributed by atoms with van der Waals surface area (Å²) in [5, 5.41) is 3.82. The predicted molar refractivity (Wildman–Crippen MR) is 110 cm³/mol. The molecule has 0 fully saturated rings. The van der Waals surface area contributed by atoms with Crippen LogP contribution >= 0.6 is 0 Å². The normalized spacial score (nSPS) is 11.9. The van der Waals surface area contributed by atoms with Crippen LogP contribution in [0.5, 0.6) is 0 Å². The van der Waals surface area contributed by atoms with Crippen LogP contribution in [0.15, 0.2) is 52.1 Å². The average molecular weight is 430 g/mol. The van der Waals surface area contributed by atoms with Crippen LogP contribution in [-0.2, 0) is 10.0 Å². The molecule has 0 aliphatic rings. The van der Waals surface area contributed by atoms with E-state index in [9.17, 15) is 13.2 Å². The molecule has 0 unspecified atom stereocenters. The van der Waals surface area contributed by atoms with Gasteiger partial charge in [0.2, 0.25) is 15.8 Å². The Kier molecular flexibility index (Phi) is 5.85. The zero-order chi connectivity index (χ0) is 21.9. The highest BCUT2D eigenvalue weighted by molar-refractivity contribution is 7.89. The minimum Gasteiger partial charge on any atom is -0.313 e. The number of carbonyl (C=O) groups excluding carboxylic acids is 1. The minimum absolute atomic E-state index is 0.00839. The molecule has 0 saturated carbocycles. The summed E-state index contributed by atoms with van der Waals surface area (Å²) in [6.45, 7) is 6.92. The van der Waals surface area contributed by atoms with Gasteiger partial charge >= 0.3 is 6.01 Å². The van der Waals surface area contributed by atoms with Crippen LogP contribution in [0.1, 0.15) is 36.7 Å². The van der Waals surface area contributed by atoms with Crippen molar-refractivity contribution in [3.05, 3.63) is 53.9 Å². The first-order chi connectivity index (χ1) is 14.0. The van der Waals surface area contributed by atoms with E-state index in [0.717, 1.165) is 0 Å². The van der Waals surface area contributed by atoms with E-state index in [1.807, 2.05) is 0 Å². The van der Waals surface area contributed by atoms with Crippen LogP contribution in [0.4, 0.5) is 6.01 Å². The summed E-state index contributed by atoms with van der Waals surface area (Å²) >= 11 is 0. The lowest BCUT2D eigenvalue weighted by molar-refractivity contribution is 0.0960. The van der Waals surface area contributed by atoms with E-state index in [2.05, 4.69) is 30.7 Å². The number of benzene rings is 1. The lowest BCUT2D eigenvalue weighted by Crippen LogP contribution is -2.40. The Morgan fingerprint density at radius 3 is 2.47 bits per heavy atom. The summed E-state index contributed by atoms with van der Waals surface area (Å²) in [4.78, 5) is 20.6. The van der Waals surface area contributed by atoms with Crippen LogP contribution in [0.25, 0.3) is 11.4 Å². The first kappa shape index (κ1) is 21.4. The molecule has 2 aromatic heterocycles. The summed E-state index contributed by atoms with van der Waals surface area (Å²) < 4.78 is 32.7. The minimum atomic E-state index is -3.78. The molecule has 0 atom stereocenters. The maximum atomic E-state index is 12.6. The first-order valence-electron chi connectivity index (χ1n) is 9.00. The molecule has 2 heterocycles. The summed E-state index contributed by atoms with van der Waals surface area (Å²) in [6, 6.07) is 7.75. The number of rotatable bonds is 6. The lowest BCUT2D eigenvalue weighted by atomic mass is 10.1. The van der Waals surface area contributed by atoms with Crippen molar-refractivity contribution in [2.45, 2.75) is 38.1 Å². The number of pyridine rings is 1. The molecule has 1 aromatic carbocycles. The second-order valence-electron chi connectivity index (χ2n) is 7.57. The van der Waals surface area contributed by atoms with E-state index in [1.54, 1.807) is 58.3 Å². The van der Waals surface area contributed by atoms with E-state index in [1.165, 1.54) is 12.1 Å². The number of sulfonamides is 1. The molecular formula is C19H22N6O4S. The number of aryl methyl sites for hydroxylation is 1. The zero-order valence-corrected chi connectivity index (χ0v) is 17.7. The molecule has 0 bridgehead atoms. The molecule has 3 rings (SSSR count). The van der Waals surface area contributed by atoms with E-state index >= 15 is 0 Å². The van der Waals surface area contributed by atoms with Gasteiger partial charge in [0.25, 0.3) is 5.91 Å². The second kappa shape index (κ2) is 8.20. The number of hydrogen-bond acceptors (Lipinski definition) is 8. The first-order valence-corrected chi connectivity index (χ1v) is 10.5. The molecule has 1 amide bonds. The molecule has 0 aliphatic heterocycles. The van der Waals surface area contributed by atoms with Gasteiger partial charge in [0.05, 0.1) is 4.90 Å². The summed E-state index contributed by atoms with van der Waals surface area (Å²) in [7, 11) is -3.78. The summed E-state index contributed by atoms with van der Waals surface area (Å²) in [6.07, 6.45) is 3.19. The van der Waals surface area contributed by atoms with Crippen LogP contribution < -0.4 is 15.6 Å². The van der Waals surface area contributed by atoms with Crippen molar-refractivity contribution in [1.29, 1.82) is 0 Å². The average Bonchev–Trinajstić information content (AvgIpc) is 3.14. The Balaban J connectivity index is 1.74. The number of nitrogens with one attached hydrogen (secondary N) is 3. The number of hydrazine groups is 1. The topological polar surface area (TPSA) is 139 Å². The fourth-order valence-electron chi connectivity index (χ4n) is 2.54. The van der Waals surface area contributed by atoms with Gasteiger partial charge in [-0.25, -0.2) is 18.6 Å². The Labute approximate surface area is 174 Å². The monoisotopic (exact) mass is 430 g/mol. The second-order valence-corrected chi connectivity index (χ2v) is 9.25. The van der Waals surface area contributed by atoms with E-state index < -0.39 is 21.5 Å². The fraction of sp³-hybridized carbons (Fsp3) is 0.263. The zero-order valence-electron chi connectivity index (χ0n) is 16.9. The van der Waals surface area contributed by atoms with Crippen LogP contribution in [0.3, 0.4) is 0 Å². The van der Waals surface area contributed by atoms with Crippen LogP contribution in [-0.4, -0.2) is 35.0 Å². The van der Waals surface area contributed by atoms with Crippen molar-refractivity contribution in [3.8, 4) is 11.4 Å². The fourth-order valence-corrected chi connectivity index (χ4v) is 3.99. The van der Waals surface area contributed by atoms with Gasteiger partial charge in [0, 0.05) is 29.1 Å². The largest absolute Gasteiger partial charge is 0.340 e. The number of amides is 1. The maximum Gasteiger partial charge on any atom is 0.340 e. The number of nitrogens with zero attached hydrogens (tertiary/aromatic N) is 3. The Bertz CT molecular complexity index is 1150. The molecule has 0 saturated heterocycles. The third-order valence-electron chi connectivity index (χ3n) is 3.85. The highest BCUT2D eigenvalue weighted by atomic mass is 32.2. The van der Waals surface area contributed by atoms with Gasteiger partial charge in [-0.3, -0.25) is 15.2 Å². The van der Waals surface area contributed by atoms with E-state index in [0.29, 0.717) is 17.0 Å². The van der Waals surface area contributed by atoms with Gasteiger partial charge in [0.1, 0.15) is 0 Å². The molecule has 3 N–H and O–H groups in total. The standard InChI is InChI=1S/C19H22N6O4S/c1-12-5-6-14(30(27,28)25-19(2,3)4)11-15(12)17(26)22-23-18-21-16(24-29-18)13-7-9-20-10-8-13/h5-11,25H,1-4H3,(H,22,26)(H,21,23,24). The van der Waals surface area contributed by atoms with Crippen molar-refractivity contribution in [2.75, 3.05) is 5.43 Å². The van der Waals surface area contributed by atoms with E-state index in [-0.39, 0.29) is 16.5 Å². The summed E-state index contributed by atoms with van der Waals surface area (Å²) in [5.74, 6) is -0.226. The van der Waals surface area contributed by atoms with Crippen molar-refractivity contribution in [2.24, 2.45) is 0 Å². The molecule has 0 radical (unpaired) electrons. The molecule has 158 valence electrons. The van der Waals surface area contributed by atoms with Gasteiger partial charge in [-0.15, -0.1) is 0 Å². The van der Waals surface area contributed by atoms with Gasteiger partial charge < -0.3 is 4.52 Å². The predicted octanol–water partition coefficient (Wildman–Crippen LogP) is 2.27. The smallest absolute Gasteiger partial charge is 0.313 e. The van der Waals surface area contributed by atoms with Crippen molar-refractivity contribution >= 4 is 21.9 Å². The maximum absolute atomic E-state index is 12.6. The summed E-state index contributed by atoms with van der Waals surface area (Å²) in [5.41, 5.74) is 5.81. The van der Waals surface area contributed by atoms with Gasteiger partial charge in [-0.1, -0.05) is 11.2 Å². The third kappa shape index (κ3) is 5.19. The Hall–Kier alpha value is -3.31. The van der Waals surface area contributed by atoms with Crippen molar-refractivity contribution < 1.29 is 17.7 Å². The molecule has 30 heavy (non-hydrogen) atoms.